The fourth-order valence-corrected chi connectivity index (χ4v) is 5.57. The number of rotatable bonds is 8. The standard InChI is InChI=1S/C27H27ClN2O6S/c1-33-20-10-9-17(28)13-18(20)29-25(31)15-30-19-7-5-6-8-23(19)37-24(14-26(30)32)16-11-21(34-2)27(36-4)22(12-16)35-3/h5-13,24H,14-15H2,1-4H3,(H,29,31). The van der Waals surface area contributed by atoms with E-state index in [1.165, 1.54) is 12.0 Å². The number of carbonyl (C=O) groups is 2. The van der Waals surface area contributed by atoms with Gasteiger partial charge in [0.15, 0.2) is 11.5 Å². The van der Waals surface area contributed by atoms with Crippen LogP contribution in [0.5, 0.6) is 23.0 Å². The molecule has 2 amide bonds. The molecular formula is C27H27ClN2O6S. The molecule has 0 aliphatic carbocycles. The van der Waals surface area contributed by atoms with E-state index in [1.54, 1.807) is 51.3 Å². The number of para-hydroxylation sites is 1. The Kier molecular flexibility index (Phi) is 8.35. The van der Waals surface area contributed by atoms with Gasteiger partial charge in [-0.15, -0.1) is 11.8 Å². The van der Waals surface area contributed by atoms with Gasteiger partial charge in [0.05, 0.1) is 39.8 Å². The van der Waals surface area contributed by atoms with E-state index in [1.807, 2.05) is 36.4 Å². The molecule has 0 spiro atoms. The number of nitrogens with zero attached hydrogens (tertiary/aromatic N) is 1. The molecule has 10 heteroatoms. The molecule has 0 saturated heterocycles. The lowest BCUT2D eigenvalue weighted by Crippen LogP contribution is -2.38. The third-order valence-electron chi connectivity index (χ3n) is 5.88. The van der Waals surface area contributed by atoms with Gasteiger partial charge >= 0.3 is 0 Å². The highest BCUT2D eigenvalue weighted by Gasteiger charge is 2.31. The molecule has 0 aromatic heterocycles. The van der Waals surface area contributed by atoms with Crippen LogP contribution in [-0.2, 0) is 9.59 Å². The summed E-state index contributed by atoms with van der Waals surface area (Å²) in [6.45, 7) is -0.173. The van der Waals surface area contributed by atoms with Crippen molar-refractivity contribution in [2.75, 3.05) is 45.2 Å². The summed E-state index contributed by atoms with van der Waals surface area (Å²) >= 11 is 7.64. The highest BCUT2D eigenvalue weighted by atomic mass is 35.5. The molecule has 8 nitrogen and oxygen atoms in total. The summed E-state index contributed by atoms with van der Waals surface area (Å²) in [4.78, 5) is 29.0. The van der Waals surface area contributed by atoms with Gasteiger partial charge in [0.1, 0.15) is 12.3 Å². The van der Waals surface area contributed by atoms with Crippen molar-refractivity contribution < 1.29 is 28.5 Å². The van der Waals surface area contributed by atoms with Crippen LogP contribution in [0.15, 0.2) is 59.5 Å². The lowest BCUT2D eigenvalue weighted by atomic mass is 10.1. The van der Waals surface area contributed by atoms with Gasteiger partial charge in [-0.3, -0.25) is 9.59 Å². The van der Waals surface area contributed by atoms with Crippen molar-refractivity contribution in [1.82, 2.24) is 0 Å². The third-order valence-corrected chi connectivity index (χ3v) is 7.44. The first kappa shape index (κ1) is 26.5. The number of benzene rings is 3. The highest BCUT2D eigenvalue weighted by Crippen LogP contribution is 2.49. The Morgan fingerprint density at radius 2 is 1.65 bits per heavy atom. The molecule has 1 aliphatic heterocycles. The van der Waals surface area contributed by atoms with Gasteiger partial charge in [0.2, 0.25) is 17.6 Å². The number of halogens is 1. The molecule has 194 valence electrons. The number of hydrogen-bond donors (Lipinski definition) is 1. The second kappa shape index (κ2) is 11.7. The van der Waals surface area contributed by atoms with Crippen molar-refractivity contribution in [3.8, 4) is 23.0 Å². The second-order valence-corrected chi connectivity index (χ2v) is 9.79. The van der Waals surface area contributed by atoms with Crippen LogP contribution in [-0.4, -0.2) is 46.8 Å². The molecule has 37 heavy (non-hydrogen) atoms. The zero-order valence-corrected chi connectivity index (χ0v) is 22.4. The summed E-state index contributed by atoms with van der Waals surface area (Å²) < 4.78 is 21.8. The highest BCUT2D eigenvalue weighted by molar-refractivity contribution is 7.99. The summed E-state index contributed by atoms with van der Waals surface area (Å²) in [7, 11) is 6.16. The molecule has 1 heterocycles. The number of carbonyl (C=O) groups excluding carboxylic acids is 2. The van der Waals surface area contributed by atoms with E-state index in [0.29, 0.717) is 39.4 Å². The molecule has 3 aromatic rings. The number of anilines is 2. The Morgan fingerprint density at radius 1 is 0.973 bits per heavy atom. The summed E-state index contributed by atoms with van der Waals surface area (Å²) in [6, 6.07) is 16.2. The largest absolute Gasteiger partial charge is 0.495 e. The van der Waals surface area contributed by atoms with Gasteiger partial charge in [-0.1, -0.05) is 23.7 Å². The van der Waals surface area contributed by atoms with Gasteiger partial charge in [-0.25, -0.2) is 0 Å². The molecule has 0 fully saturated rings. The minimum Gasteiger partial charge on any atom is -0.495 e. The molecule has 1 aliphatic rings. The van der Waals surface area contributed by atoms with Crippen LogP contribution in [0.1, 0.15) is 17.2 Å². The van der Waals surface area contributed by atoms with E-state index in [-0.39, 0.29) is 30.0 Å². The number of fused-ring (bicyclic) bond motifs is 1. The number of nitrogens with one attached hydrogen (secondary N) is 1. The Morgan fingerprint density at radius 3 is 2.30 bits per heavy atom. The average molecular weight is 543 g/mol. The van der Waals surface area contributed by atoms with Crippen molar-refractivity contribution in [3.05, 3.63) is 65.2 Å². The van der Waals surface area contributed by atoms with Crippen LogP contribution in [0, 0.1) is 0 Å². The first-order chi connectivity index (χ1) is 17.9. The molecule has 1 N–H and O–H groups in total. The number of amides is 2. The van der Waals surface area contributed by atoms with Crippen molar-refractivity contribution in [1.29, 1.82) is 0 Å². The number of ether oxygens (including phenoxy) is 4. The topological polar surface area (TPSA) is 86.3 Å². The summed E-state index contributed by atoms with van der Waals surface area (Å²) in [5, 5.41) is 3.02. The van der Waals surface area contributed by atoms with E-state index < -0.39 is 0 Å². The summed E-state index contributed by atoms with van der Waals surface area (Å²) in [5.41, 5.74) is 1.94. The van der Waals surface area contributed by atoms with E-state index in [2.05, 4.69) is 5.32 Å². The van der Waals surface area contributed by atoms with Crippen molar-refractivity contribution in [3.63, 3.8) is 0 Å². The van der Waals surface area contributed by atoms with E-state index >= 15 is 0 Å². The van der Waals surface area contributed by atoms with Gasteiger partial charge in [-0.2, -0.15) is 0 Å². The monoisotopic (exact) mass is 542 g/mol. The molecule has 1 unspecified atom stereocenters. The van der Waals surface area contributed by atoms with Gasteiger partial charge in [0.25, 0.3) is 0 Å². The summed E-state index contributed by atoms with van der Waals surface area (Å²) in [6.07, 6.45) is 0.158. The van der Waals surface area contributed by atoms with Crippen LogP contribution in [0.25, 0.3) is 0 Å². The van der Waals surface area contributed by atoms with E-state index in [0.717, 1.165) is 10.5 Å². The van der Waals surface area contributed by atoms with Crippen molar-refractivity contribution in [2.24, 2.45) is 0 Å². The number of methoxy groups -OCH3 is 4. The maximum absolute atomic E-state index is 13.6. The predicted octanol–water partition coefficient (Wildman–Crippen LogP) is 5.58. The maximum Gasteiger partial charge on any atom is 0.244 e. The van der Waals surface area contributed by atoms with E-state index in [9.17, 15) is 9.59 Å². The Labute approximate surface area is 224 Å². The van der Waals surface area contributed by atoms with Crippen molar-refractivity contribution >= 4 is 46.6 Å². The minimum atomic E-state index is -0.375. The van der Waals surface area contributed by atoms with Crippen LogP contribution < -0.4 is 29.2 Å². The fraction of sp³-hybridized carbons (Fsp3) is 0.259. The minimum absolute atomic E-state index is 0.158. The number of hydrogen-bond acceptors (Lipinski definition) is 7. The number of thioether (sulfide) groups is 1. The van der Waals surface area contributed by atoms with Crippen LogP contribution in [0.3, 0.4) is 0 Å². The Balaban J connectivity index is 1.64. The summed E-state index contributed by atoms with van der Waals surface area (Å²) in [5.74, 6) is 1.40. The quantitative estimate of drug-likeness (QED) is 0.397. The molecular weight excluding hydrogens is 516 g/mol. The van der Waals surface area contributed by atoms with E-state index in [4.69, 9.17) is 30.5 Å². The lowest BCUT2D eigenvalue weighted by Gasteiger charge is -2.22. The van der Waals surface area contributed by atoms with Gasteiger partial charge < -0.3 is 29.2 Å². The van der Waals surface area contributed by atoms with Crippen LogP contribution in [0.4, 0.5) is 11.4 Å². The molecule has 1 atom stereocenters. The predicted molar refractivity (Wildman–Crippen MR) is 145 cm³/mol. The molecule has 0 saturated carbocycles. The van der Waals surface area contributed by atoms with Crippen molar-refractivity contribution in [2.45, 2.75) is 16.6 Å². The Bertz CT molecular complexity index is 1290. The third kappa shape index (κ3) is 5.73. The molecule has 3 aromatic carbocycles. The first-order valence-corrected chi connectivity index (χ1v) is 12.6. The molecule has 4 rings (SSSR count). The van der Waals surface area contributed by atoms with Crippen LogP contribution >= 0.6 is 23.4 Å². The average Bonchev–Trinajstić information content (AvgIpc) is 3.04. The van der Waals surface area contributed by atoms with Gasteiger partial charge in [-0.05, 0) is 48.0 Å². The molecule has 0 bridgehead atoms. The SMILES string of the molecule is COc1ccc(Cl)cc1NC(=O)CN1C(=O)CC(c2cc(OC)c(OC)c(OC)c2)Sc2ccccc21. The van der Waals surface area contributed by atoms with Crippen LogP contribution in [0.2, 0.25) is 5.02 Å². The fourth-order valence-electron chi connectivity index (χ4n) is 4.14. The first-order valence-electron chi connectivity index (χ1n) is 11.4. The Hall–Kier alpha value is -3.56. The maximum atomic E-state index is 13.6. The zero-order chi connectivity index (χ0) is 26.5. The normalized spacial score (nSPS) is 14.9. The smallest absolute Gasteiger partial charge is 0.244 e. The second-order valence-electron chi connectivity index (χ2n) is 8.11. The zero-order valence-electron chi connectivity index (χ0n) is 20.9. The molecule has 0 radical (unpaired) electrons. The lowest BCUT2D eigenvalue weighted by molar-refractivity contribution is -0.121. The van der Waals surface area contributed by atoms with Gasteiger partial charge in [0, 0.05) is 21.6 Å².